The van der Waals surface area contributed by atoms with E-state index in [-0.39, 0.29) is 0 Å². The Hall–Kier alpha value is -0.780. The van der Waals surface area contributed by atoms with Gasteiger partial charge in [0.1, 0.15) is 0 Å². The third-order valence-electron chi connectivity index (χ3n) is 3.18. The van der Waals surface area contributed by atoms with Crippen molar-refractivity contribution < 1.29 is 0 Å². The Morgan fingerprint density at radius 1 is 1.07 bits per heavy atom. The Morgan fingerprint density at radius 2 is 1.60 bits per heavy atom. The van der Waals surface area contributed by atoms with Crippen molar-refractivity contribution in [3.8, 4) is 0 Å². The molecule has 0 fully saturated rings. The Kier molecular flexibility index (Phi) is 3.96. The molecule has 0 spiro atoms. The van der Waals surface area contributed by atoms with Crippen molar-refractivity contribution in [3.63, 3.8) is 0 Å². The SMILES string of the molecule is Cc1ccc(C(C)(C)CCC(C)C)cc1. The molecule has 0 N–H and O–H groups in total. The molecule has 1 aromatic rings. The minimum Gasteiger partial charge on any atom is -0.0628 e. The fourth-order valence-corrected chi connectivity index (χ4v) is 1.80. The van der Waals surface area contributed by atoms with E-state index in [1.165, 1.54) is 24.0 Å². The van der Waals surface area contributed by atoms with Gasteiger partial charge in [0.25, 0.3) is 0 Å². The van der Waals surface area contributed by atoms with Gasteiger partial charge in [-0.3, -0.25) is 0 Å². The standard InChI is InChI=1S/C15H24/c1-12(2)10-11-15(4,5)14-8-6-13(3)7-9-14/h6-9,12H,10-11H2,1-5H3. The highest BCUT2D eigenvalue weighted by atomic mass is 14.2. The molecular weight excluding hydrogens is 180 g/mol. The molecule has 1 aromatic carbocycles. The van der Waals surface area contributed by atoms with Gasteiger partial charge in [-0.2, -0.15) is 0 Å². The van der Waals surface area contributed by atoms with Gasteiger partial charge in [0.05, 0.1) is 0 Å². The molecule has 0 heteroatoms. The Bertz CT molecular complexity index is 290. The molecule has 0 aliphatic carbocycles. The summed E-state index contributed by atoms with van der Waals surface area (Å²) in [6.07, 6.45) is 2.58. The van der Waals surface area contributed by atoms with Crippen LogP contribution in [0.2, 0.25) is 0 Å². The smallest absolute Gasteiger partial charge is 0.0103 e. The first-order valence-electron chi connectivity index (χ1n) is 5.99. The molecule has 0 bridgehead atoms. The topological polar surface area (TPSA) is 0 Å². The lowest BCUT2D eigenvalue weighted by Crippen LogP contribution is -2.17. The fraction of sp³-hybridized carbons (Fsp3) is 0.600. The van der Waals surface area contributed by atoms with E-state index in [9.17, 15) is 0 Å². The molecule has 0 aliphatic rings. The van der Waals surface area contributed by atoms with E-state index in [0.29, 0.717) is 5.41 Å². The minimum atomic E-state index is 0.317. The molecule has 0 unspecified atom stereocenters. The van der Waals surface area contributed by atoms with Crippen LogP contribution in [-0.2, 0) is 5.41 Å². The van der Waals surface area contributed by atoms with Crippen molar-refractivity contribution in [1.29, 1.82) is 0 Å². The maximum Gasteiger partial charge on any atom is -0.0103 e. The van der Waals surface area contributed by atoms with Gasteiger partial charge in [-0.15, -0.1) is 0 Å². The fourth-order valence-electron chi connectivity index (χ4n) is 1.80. The largest absolute Gasteiger partial charge is 0.0628 e. The monoisotopic (exact) mass is 204 g/mol. The van der Waals surface area contributed by atoms with Crippen LogP contribution in [-0.4, -0.2) is 0 Å². The van der Waals surface area contributed by atoms with Crippen LogP contribution in [0.5, 0.6) is 0 Å². The summed E-state index contributed by atoms with van der Waals surface area (Å²) in [5.41, 5.74) is 3.13. The molecule has 0 amide bonds. The molecule has 0 saturated heterocycles. The van der Waals surface area contributed by atoms with Gasteiger partial charge < -0.3 is 0 Å². The van der Waals surface area contributed by atoms with Crippen molar-refractivity contribution in [2.24, 2.45) is 5.92 Å². The first-order chi connectivity index (χ1) is 6.92. The molecule has 0 aromatic heterocycles. The molecule has 0 atom stereocenters. The Balaban J connectivity index is 2.72. The third kappa shape index (κ3) is 3.70. The van der Waals surface area contributed by atoms with E-state index in [4.69, 9.17) is 0 Å². The second-order valence-electron chi connectivity index (χ2n) is 5.68. The number of aryl methyl sites for hydroxylation is 1. The summed E-state index contributed by atoms with van der Waals surface area (Å²) in [6, 6.07) is 8.98. The molecule has 0 heterocycles. The van der Waals surface area contributed by atoms with E-state index in [1.54, 1.807) is 0 Å². The molecule has 84 valence electrons. The van der Waals surface area contributed by atoms with Crippen LogP contribution in [0.25, 0.3) is 0 Å². The number of benzene rings is 1. The lowest BCUT2D eigenvalue weighted by molar-refractivity contribution is 0.414. The summed E-state index contributed by atoms with van der Waals surface area (Å²) >= 11 is 0. The molecule has 0 saturated carbocycles. The van der Waals surface area contributed by atoms with E-state index >= 15 is 0 Å². The highest BCUT2D eigenvalue weighted by molar-refractivity contribution is 5.27. The van der Waals surface area contributed by atoms with Gasteiger partial charge in [0, 0.05) is 0 Å². The van der Waals surface area contributed by atoms with Crippen molar-refractivity contribution in [2.75, 3.05) is 0 Å². The highest BCUT2D eigenvalue weighted by Gasteiger charge is 2.20. The van der Waals surface area contributed by atoms with Crippen LogP contribution < -0.4 is 0 Å². The van der Waals surface area contributed by atoms with Crippen molar-refractivity contribution >= 4 is 0 Å². The van der Waals surface area contributed by atoms with Crippen LogP contribution in [0, 0.1) is 12.8 Å². The van der Waals surface area contributed by atoms with Crippen LogP contribution in [0.15, 0.2) is 24.3 Å². The first-order valence-corrected chi connectivity index (χ1v) is 5.99. The predicted molar refractivity (Wildman–Crippen MR) is 68.3 cm³/mol. The average Bonchev–Trinajstić information content (AvgIpc) is 2.16. The maximum absolute atomic E-state index is 2.35. The number of hydrogen-bond acceptors (Lipinski definition) is 0. The molecule has 0 aliphatic heterocycles. The van der Waals surface area contributed by atoms with Gasteiger partial charge in [-0.1, -0.05) is 63.9 Å². The Labute approximate surface area is 94.7 Å². The molecular formula is C15H24. The van der Waals surface area contributed by atoms with Gasteiger partial charge in [0.2, 0.25) is 0 Å². The minimum absolute atomic E-state index is 0.317. The molecule has 0 radical (unpaired) electrons. The zero-order valence-electron chi connectivity index (χ0n) is 10.8. The second kappa shape index (κ2) is 4.83. The van der Waals surface area contributed by atoms with E-state index in [1.807, 2.05) is 0 Å². The van der Waals surface area contributed by atoms with E-state index < -0.39 is 0 Å². The lowest BCUT2D eigenvalue weighted by Gasteiger charge is -2.26. The quantitative estimate of drug-likeness (QED) is 0.666. The summed E-state index contributed by atoms with van der Waals surface area (Å²) in [6.45, 7) is 11.4. The summed E-state index contributed by atoms with van der Waals surface area (Å²) in [5.74, 6) is 0.801. The van der Waals surface area contributed by atoms with Crippen molar-refractivity contribution in [1.82, 2.24) is 0 Å². The van der Waals surface area contributed by atoms with Gasteiger partial charge >= 0.3 is 0 Å². The average molecular weight is 204 g/mol. The zero-order valence-corrected chi connectivity index (χ0v) is 10.8. The summed E-state index contributed by atoms with van der Waals surface area (Å²) in [7, 11) is 0. The van der Waals surface area contributed by atoms with Gasteiger partial charge in [-0.25, -0.2) is 0 Å². The maximum atomic E-state index is 2.35. The van der Waals surface area contributed by atoms with Gasteiger partial charge in [0.15, 0.2) is 0 Å². The van der Waals surface area contributed by atoms with Crippen LogP contribution >= 0.6 is 0 Å². The summed E-state index contributed by atoms with van der Waals surface area (Å²) < 4.78 is 0. The van der Waals surface area contributed by atoms with E-state index in [2.05, 4.69) is 58.9 Å². The first kappa shape index (κ1) is 12.3. The van der Waals surface area contributed by atoms with Crippen LogP contribution in [0.1, 0.15) is 51.7 Å². The third-order valence-corrected chi connectivity index (χ3v) is 3.18. The van der Waals surface area contributed by atoms with Crippen molar-refractivity contribution in [2.45, 2.75) is 52.9 Å². The van der Waals surface area contributed by atoms with Crippen LogP contribution in [0.4, 0.5) is 0 Å². The molecule has 1 rings (SSSR count). The second-order valence-corrected chi connectivity index (χ2v) is 5.68. The van der Waals surface area contributed by atoms with Crippen molar-refractivity contribution in [3.05, 3.63) is 35.4 Å². The van der Waals surface area contributed by atoms with Crippen LogP contribution in [0.3, 0.4) is 0 Å². The van der Waals surface area contributed by atoms with Gasteiger partial charge in [-0.05, 0) is 30.2 Å². The highest BCUT2D eigenvalue weighted by Crippen LogP contribution is 2.29. The lowest BCUT2D eigenvalue weighted by atomic mass is 9.79. The van der Waals surface area contributed by atoms with E-state index in [0.717, 1.165) is 5.92 Å². The summed E-state index contributed by atoms with van der Waals surface area (Å²) in [4.78, 5) is 0. The summed E-state index contributed by atoms with van der Waals surface area (Å²) in [5, 5.41) is 0. The molecule has 15 heavy (non-hydrogen) atoms. The predicted octanol–water partition coefficient (Wildman–Crippen LogP) is 4.71. The normalized spacial score (nSPS) is 12.1. The number of rotatable bonds is 4. The zero-order chi connectivity index (χ0) is 11.5. The Morgan fingerprint density at radius 3 is 2.07 bits per heavy atom. The number of hydrogen-bond donors (Lipinski definition) is 0. The molecule has 0 nitrogen and oxygen atoms in total.